The number of fused-ring (bicyclic) bond motifs is 1. The van der Waals surface area contributed by atoms with Crippen molar-refractivity contribution in [3.05, 3.63) is 84.8 Å². The first-order valence-electron chi connectivity index (χ1n) is 8.10. The summed E-state index contributed by atoms with van der Waals surface area (Å²) in [5.41, 5.74) is -0.529. The van der Waals surface area contributed by atoms with Gasteiger partial charge in [-0.15, -0.1) is 0 Å². The van der Waals surface area contributed by atoms with Crippen LogP contribution in [0, 0.1) is 0 Å². The Morgan fingerprint density at radius 3 is 2.32 bits per heavy atom. The van der Waals surface area contributed by atoms with Crippen LogP contribution in [-0.4, -0.2) is 27.6 Å². The lowest BCUT2D eigenvalue weighted by atomic mass is 10.1. The van der Waals surface area contributed by atoms with Crippen LogP contribution in [0.2, 0.25) is 0 Å². The maximum absolute atomic E-state index is 12.9. The zero-order valence-electron chi connectivity index (χ0n) is 14.1. The molecule has 0 atom stereocenters. The van der Waals surface area contributed by atoms with Crippen molar-refractivity contribution < 1.29 is 9.59 Å². The van der Waals surface area contributed by atoms with Gasteiger partial charge in [0.15, 0.2) is 5.84 Å². The Hall–Kier alpha value is -3.59. The number of imide groups is 1. The van der Waals surface area contributed by atoms with E-state index < -0.39 is 23.1 Å². The summed E-state index contributed by atoms with van der Waals surface area (Å²) in [7, 11) is 0. The summed E-state index contributed by atoms with van der Waals surface area (Å²) in [6.07, 6.45) is 1.48. The van der Waals surface area contributed by atoms with E-state index >= 15 is 0 Å². The number of urea groups is 1. The number of H-pyrrole nitrogens is 1. The van der Waals surface area contributed by atoms with Crippen molar-refractivity contribution in [2.24, 2.45) is 4.99 Å². The van der Waals surface area contributed by atoms with Gasteiger partial charge < -0.3 is 0 Å². The van der Waals surface area contributed by atoms with Crippen LogP contribution in [0.5, 0.6) is 0 Å². The molecule has 1 aromatic heterocycles. The molecule has 2 N–H and O–H groups in total. The smallest absolute Gasteiger partial charge is 0.272 e. The number of benzene rings is 2. The minimum atomic E-state index is -0.922. The van der Waals surface area contributed by atoms with E-state index in [-0.39, 0.29) is 22.2 Å². The molecule has 0 saturated carbocycles. The van der Waals surface area contributed by atoms with Crippen LogP contribution in [0.4, 0.5) is 4.79 Å². The number of amides is 3. The van der Waals surface area contributed by atoms with Crippen LogP contribution in [-0.2, 0) is 4.79 Å². The molecular formula is C19H11BrN4O4. The van der Waals surface area contributed by atoms with Gasteiger partial charge in [-0.3, -0.25) is 24.8 Å². The monoisotopic (exact) mass is 438 g/mol. The molecule has 0 spiro atoms. The molecule has 0 fully saturated rings. The summed E-state index contributed by atoms with van der Waals surface area (Å²) in [5, 5.41) is 4.82. The van der Waals surface area contributed by atoms with Crippen LogP contribution in [0.1, 0.15) is 5.56 Å². The number of halogens is 1. The van der Waals surface area contributed by atoms with Gasteiger partial charge in [-0.25, -0.2) is 4.79 Å². The highest BCUT2D eigenvalue weighted by Gasteiger charge is 2.27. The quantitative estimate of drug-likeness (QED) is 0.565. The van der Waals surface area contributed by atoms with Crippen molar-refractivity contribution in [3.8, 4) is 0 Å². The normalized spacial score (nSPS) is 15.6. The second-order valence-electron chi connectivity index (χ2n) is 5.93. The van der Waals surface area contributed by atoms with E-state index in [1.807, 2.05) is 0 Å². The molecule has 138 valence electrons. The Kier molecular flexibility index (Phi) is 4.36. The van der Waals surface area contributed by atoms with Crippen molar-refractivity contribution in [3.63, 3.8) is 0 Å². The Morgan fingerprint density at radius 2 is 1.61 bits per heavy atom. The number of rotatable bonds is 1. The SMILES string of the molecule is O=C1N=C(n2[nH]c(=O)c3ccccc3c2=O)/C(=C/c2ccc(Br)cc2)C(=O)N1. The summed E-state index contributed by atoms with van der Waals surface area (Å²) >= 11 is 3.33. The molecule has 1 aliphatic heterocycles. The lowest BCUT2D eigenvalue weighted by molar-refractivity contribution is -0.116. The van der Waals surface area contributed by atoms with Gasteiger partial charge in [-0.1, -0.05) is 40.2 Å². The van der Waals surface area contributed by atoms with Gasteiger partial charge in [0.05, 0.1) is 16.3 Å². The van der Waals surface area contributed by atoms with E-state index in [2.05, 4.69) is 31.3 Å². The minimum absolute atomic E-state index is 0.0325. The van der Waals surface area contributed by atoms with Gasteiger partial charge in [0, 0.05) is 4.47 Å². The average Bonchev–Trinajstić information content (AvgIpc) is 2.68. The summed E-state index contributed by atoms with van der Waals surface area (Å²) in [5.74, 6) is -0.969. The lowest BCUT2D eigenvalue weighted by Crippen LogP contribution is -2.44. The summed E-state index contributed by atoms with van der Waals surface area (Å²) in [6, 6.07) is 12.4. The van der Waals surface area contributed by atoms with Crippen molar-refractivity contribution in [1.82, 2.24) is 15.1 Å². The average molecular weight is 439 g/mol. The molecule has 0 radical (unpaired) electrons. The van der Waals surface area contributed by atoms with Crippen LogP contribution in [0.25, 0.3) is 16.8 Å². The van der Waals surface area contributed by atoms with Gasteiger partial charge in [0.25, 0.3) is 17.0 Å². The topological polar surface area (TPSA) is 113 Å². The van der Waals surface area contributed by atoms with Gasteiger partial charge in [0.2, 0.25) is 0 Å². The minimum Gasteiger partial charge on any atom is -0.272 e. The van der Waals surface area contributed by atoms with Crippen LogP contribution >= 0.6 is 15.9 Å². The predicted octanol–water partition coefficient (Wildman–Crippen LogP) is 2.03. The van der Waals surface area contributed by atoms with E-state index in [0.29, 0.717) is 5.56 Å². The number of nitrogens with zero attached hydrogens (tertiary/aromatic N) is 2. The fraction of sp³-hybridized carbons (Fsp3) is 0. The molecule has 9 heteroatoms. The van der Waals surface area contributed by atoms with Gasteiger partial charge in [0.1, 0.15) is 0 Å². The Labute approximate surface area is 165 Å². The maximum atomic E-state index is 12.9. The number of aliphatic imine (C=N–C) groups is 1. The third-order valence-corrected chi connectivity index (χ3v) is 4.65. The highest BCUT2D eigenvalue weighted by atomic mass is 79.9. The summed E-state index contributed by atoms with van der Waals surface area (Å²) in [6.45, 7) is 0. The molecule has 8 nitrogen and oxygen atoms in total. The third-order valence-electron chi connectivity index (χ3n) is 4.12. The molecule has 2 heterocycles. The molecule has 28 heavy (non-hydrogen) atoms. The standard InChI is InChI=1S/C19H11BrN4O4/c20-11-7-5-10(6-8-11)9-14-15(21-19(28)22-16(14)25)24-18(27)13-4-2-1-3-12(13)17(26)23-24/h1-9H,(H,23,26)(H,22,25,28)/b14-9-. The summed E-state index contributed by atoms with van der Waals surface area (Å²) in [4.78, 5) is 53.2. The third kappa shape index (κ3) is 3.12. The Balaban J connectivity index is 1.97. The number of nitrogens with one attached hydrogen (secondary N) is 2. The Bertz CT molecular complexity index is 1320. The number of carbonyl (C=O) groups excluding carboxylic acids is 2. The lowest BCUT2D eigenvalue weighted by Gasteiger charge is -2.16. The van der Waals surface area contributed by atoms with E-state index in [0.717, 1.165) is 9.15 Å². The van der Waals surface area contributed by atoms with Crippen LogP contribution in [0.15, 0.2) is 73.2 Å². The van der Waals surface area contributed by atoms with Crippen molar-refractivity contribution in [1.29, 1.82) is 0 Å². The number of carbonyl (C=O) groups is 2. The zero-order valence-corrected chi connectivity index (χ0v) is 15.7. The number of aromatic amines is 1. The molecule has 0 unspecified atom stereocenters. The van der Waals surface area contributed by atoms with Crippen molar-refractivity contribution in [2.75, 3.05) is 0 Å². The van der Waals surface area contributed by atoms with Crippen LogP contribution in [0.3, 0.4) is 0 Å². The predicted molar refractivity (Wildman–Crippen MR) is 107 cm³/mol. The largest absolute Gasteiger partial charge is 0.349 e. The van der Waals surface area contributed by atoms with Crippen molar-refractivity contribution >= 4 is 50.6 Å². The van der Waals surface area contributed by atoms with Crippen LogP contribution < -0.4 is 16.4 Å². The van der Waals surface area contributed by atoms with Gasteiger partial charge in [-0.05, 0) is 35.9 Å². The first kappa shape index (κ1) is 17.8. The van der Waals surface area contributed by atoms with Crippen molar-refractivity contribution in [2.45, 2.75) is 0 Å². The molecule has 3 aromatic rings. The molecule has 0 saturated heterocycles. The maximum Gasteiger partial charge on any atom is 0.349 e. The second-order valence-corrected chi connectivity index (χ2v) is 6.85. The fourth-order valence-electron chi connectivity index (χ4n) is 2.83. The van der Waals surface area contributed by atoms with E-state index in [1.165, 1.54) is 18.2 Å². The van der Waals surface area contributed by atoms with Gasteiger partial charge >= 0.3 is 6.03 Å². The highest BCUT2D eigenvalue weighted by molar-refractivity contribution is 9.10. The molecule has 0 bridgehead atoms. The summed E-state index contributed by atoms with van der Waals surface area (Å²) < 4.78 is 1.67. The first-order chi connectivity index (χ1) is 13.4. The first-order valence-corrected chi connectivity index (χ1v) is 8.89. The highest BCUT2D eigenvalue weighted by Crippen LogP contribution is 2.16. The Morgan fingerprint density at radius 1 is 0.929 bits per heavy atom. The number of hydrogen-bond acceptors (Lipinski definition) is 4. The molecule has 1 aliphatic rings. The molecule has 2 aromatic carbocycles. The zero-order chi connectivity index (χ0) is 19.8. The van der Waals surface area contributed by atoms with E-state index in [4.69, 9.17) is 0 Å². The van der Waals surface area contributed by atoms with Gasteiger partial charge in [-0.2, -0.15) is 9.67 Å². The second kappa shape index (κ2) is 6.86. The molecule has 3 amide bonds. The van der Waals surface area contributed by atoms with E-state index in [1.54, 1.807) is 36.4 Å². The molecule has 4 rings (SSSR count). The number of aromatic nitrogens is 2. The number of hydrogen-bond donors (Lipinski definition) is 2. The van der Waals surface area contributed by atoms with E-state index in [9.17, 15) is 19.2 Å². The molecular weight excluding hydrogens is 428 g/mol. The fourth-order valence-corrected chi connectivity index (χ4v) is 3.09. The molecule has 0 aliphatic carbocycles.